The van der Waals surface area contributed by atoms with E-state index in [0.29, 0.717) is 13.0 Å². The van der Waals surface area contributed by atoms with E-state index < -0.39 is 10.0 Å². The Labute approximate surface area is 161 Å². The number of rotatable bonds is 8. The molecule has 3 aromatic carbocycles. The molecule has 0 saturated heterocycles. The Morgan fingerprint density at radius 1 is 0.889 bits per heavy atom. The summed E-state index contributed by atoms with van der Waals surface area (Å²) >= 11 is 0. The first-order valence-corrected chi connectivity index (χ1v) is 10.8. The smallest absolute Gasteiger partial charge is 0.211 e. The highest BCUT2D eigenvalue weighted by Gasteiger charge is 2.20. The molecular formula is C22H26N2O2S. The number of nitrogens with zero attached hydrogens (tertiary/aromatic N) is 1. The van der Waals surface area contributed by atoms with Crippen LogP contribution in [0.4, 0.5) is 0 Å². The van der Waals surface area contributed by atoms with Crippen LogP contribution >= 0.6 is 0 Å². The van der Waals surface area contributed by atoms with E-state index in [9.17, 15) is 8.42 Å². The first kappa shape index (κ1) is 19.5. The van der Waals surface area contributed by atoms with Crippen LogP contribution in [0, 0.1) is 0 Å². The van der Waals surface area contributed by atoms with Crippen LogP contribution in [0.2, 0.25) is 0 Å². The molecule has 0 amide bonds. The minimum absolute atomic E-state index is 0.0393. The molecule has 0 saturated carbocycles. The molecule has 0 aromatic heterocycles. The lowest BCUT2D eigenvalue weighted by Gasteiger charge is -2.26. The summed E-state index contributed by atoms with van der Waals surface area (Å²) in [5, 5.41) is 2.32. The molecule has 3 aromatic rings. The second kappa shape index (κ2) is 8.65. The monoisotopic (exact) mass is 382 g/mol. The molecule has 1 atom stereocenters. The molecule has 0 spiro atoms. The maximum absolute atomic E-state index is 12.5. The number of benzene rings is 3. The van der Waals surface area contributed by atoms with Gasteiger partial charge in [0.2, 0.25) is 10.0 Å². The highest BCUT2D eigenvalue weighted by Crippen LogP contribution is 2.26. The lowest BCUT2D eigenvalue weighted by Crippen LogP contribution is -2.36. The van der Waals surface area contributed by atoms with Crippen molar-refractivity contribution in [3.63, 3.8) is 0 Å². The van der Waals surface area contributed by atoms with Gasteiger partial charge in [-0.1, -0.05) is 72.8 Å². The standard InChI is InChI=1S/C22H26N2O2S/c1-24(2)22(21-14-8-12-19-11-6-7-13-20(19)21)17-23-27(25,26)16-15-18-9-4-3-5-10-18/h3-14,22-23H,15-17H2,1-2H3. The van der Waals surface area contributed by atoms with Crippen molar-refractivity contribution in [2.75, 3.05) is 26.4 Å². The molecular weight excluding hydrogens is 356 g/mol. The average molecular weight is 383 g/mol. The molecule has 0 bridgehead atoms. The van der Waals surface area contributed by atoms with Crippen LogP contribution in [0.3, 0.4) is 0 Å². The molecule has 1 unspecified atom stereocenters. The minimum atomic E-state index is -3.35. The van der Waals surface area contributed by atoms with Gasteiger partial charge in [-0.25, -0.2) is 13.1 Å². The summed E-state index contributed by atoms with van der Waals surface area (Å²) in [6.07, 6.45) is 0.511. The van der Waals surface area contributed by atoms with Crippen molar-refractivity contribution in [1.82, 2.24) is 9.62 Å². The number of likely N-dealkylation sites (N-methyl/N-ethyl adjacent to an activating group) is 1. The first-order valence-electron chi connectivity index (χ1n) is 9.11. The summed E-state index contributed by atoms with van der Waals surface area (Å²) in [6.45, 7) is 0.345. The van der Waals surface area contributed by atoms with E-state index in [0.717, 1.165) is 21.9 Å². The highest BCUT2D eigenvalue weighted by atomic mass is 32.2. The largest absolute Gasteiger partial charge is 0.301 e. The van der Waals surface area contributed by atoms with Crippen LogP contribution in [0.15, 0.2) is 72.8 Å². The van der Waals surface area contributed by atoms with E-state index in [1.54, 1.807) is 0 Å². The number of hydrogen-bond donors (Lipinski definition) is 1. The molecule has 142 valence electrons. The van der Waals surface area contributed by atoms with E-state index in [-0.39, 0.29) is 11.8 Å². The van der Waals surface area contributed by atoms with Gasteiger partial charge in [-0.05, 0) is 42.4 Å². The van der Waals surface area contributed by atoms with Crippen molar-refractivity contribution < 1.29 is 8.42 Å². The Morgan fingerprint density at radius 2 is 1.56 bits per heavy atom. The van der Waals surface area contributed by atoms with Crippen molar-refractivity contribution in [3.8, 4) is 0 Å². The van der Waals surface area contributed by atoms with E-state index in [1.807, 2.05) is 62.6 Å². The van der Waals surface area contributed by atoms with E-state index in [4.69, 9.17) is 0 Å². The number of nitrogens with one attached hydrogen (secondary N) is 1. The van der Waals surface area contributed by atoms with Crippen molar-refractivity contribution in [3.05, 3.63) is 83.9 Å². The van der Waals surface area contributed by atoms with Crippen molar-refractivity contribution in [2.24, 2.45) is 0 Å². The van der Waals surface area contributed by atoms with Gasteiger partial charge in [0, 0.05) is 12.6 Å². The lowest BCUT2D eigenvalue weighted by atomic mass is 9.98. The van der Waals surface area contributed by atoms with Gasteiger partial charge in [0.05, 0.1) is 5.75 Å². The van der Waals surface area contributed by atoms with Crippen LogP contribution in [-0.2, 0) is 16.4 Å². The number of hydrogen-bond acceptors (Lipinski definition) is 3. The quantitative estimate of drug-likeness (QED) is 0.648. The second-order valence-electron chi connectivity index (χ2n) is 6.95. The van der Waals surface area contributed by atoms with Crippen molar-refractivity contribution >= 4 is 20.8 Å². The van der Waals surface area contributed by atoms with Crippen molar-refractivity contribution in [2.45, 2.75) is 12.5 Å². The minimum Gasteiger partial charge on any atom is -0.301 e. The van der Waals surface area contributed by atoms with E-state index >= 15 is 0 Å². The van der Waals surface area contributed by atoms with Crippen LogP contribution in [0.5, 0.6) is 0 Å². The third-order valence-corrected chi connectivity index (χ3v) is 6.15. The van der Waals surface area contributed by atoms with Gasteiger partial charge >= 0.3 is 0 Å². The molecule has 1 N–H and O–H groups in total. The molecule has 0 heterocycles. The van der Waals surface area contributed by atoms with Gasteiger partial charge in [-0.3, -0.25) is 0 Å². The van der Waals surface area contributed by atoms with Crippen LogP contribution in [0.25, 0.3) is 10.8 Å². The summed E-state index contributed by atoms with van der Waals surface area (Å²) in [5.74, 6) is 0.0900. The fourth-order valence-corrected chi connectivity index (χ4v) is 4.35. The van der Waals surface area contributed by atoms with Gasteiger partial charge in [0.15, 0.2) is 0 Å². The van der Waals surface area contributed by atoms with E-state index in [2.05, 4.69) is 33.9 Å². The number of sulfonamides is 1. The zero-order chi connectivity index (χ0) is 19.3. The van der Waals surface area contributed by atoms with Gasteiger partial charge in [0.1, 0.15) is 0 Å². The Morgan fingerprint density at radius 3 is 2.30 bits per heavy atom. The topological polar surface area (TPSA) is 49.4 Å². The number of aryl methyl sites for hydroxylation is 1. The molecule has 27 heavy (non-hydrogen) atoms. The molecule has 5 heteroatoms. The van der Waals surface area contributed by atoms with Gasteiger partial charge < -0.3 is 4.90 Å². The van der Waals surface area contributed by atoms with Gasteiger partial charge in [0.25, 0.3) is 0 Å². The van der Waals surface area contributed by atoms with Gasteiger partial charge in [-0.2, -0.15) is 0 Å². The summed E-state index contributed by atoms with van der Waals surface area (Å²) < 4.78 is 27.8. The zero-order valence-electron chi connectivity index (χ0n) is 15.8. The van der Waals surface area contributed by atoms with Gasteiger partial charge in [-0.15, -0.1) is 0 Å². The normalized spacial score (nSPS) is 13.1. The summed E-state index contributed by atoms with van der Waals surface area (Å²) in [7, 11) is 0.607. The highest BCUT2D eigenvalue weighted by molar-refractivity contribution is 7.89. The molecule has 0 aliphatic rings. The fraction of sp³-hybridized carbons (Fsp3) is 0.273. The lowest BCUT2D eigenvalue weighted by molar-refractivity contribution is 0.301. The first-order chi connectivity index (χ1) is 13.0. The van der Waals surface area contributed by atoms with Crippen LogP contribution in [0.1, 0.15) is 17.2 Å². The third-order valence-electron chi connectivity index (χ3n) is 4.80. The molecule has 3 rings (SSSR count). The molecule has 0 radical (unpaired) electrons. The van der Waals surface area contributed by atoms with Crippen LogP contribution < -0.4 is 4.72 Å². The second-order valence-corrected chi connectivity index (χ2v) is 8.88. The Hall–Kier alpha value is -2.21. The molecule has 0 aliphatic heterocycles. The maximum atomic E-state index is 12.5. The van der Waals surface area contributed by atoms with Crippen LogP contribution in [-0.4, -0.2) is 39.7 Å². The average Bonchev–Trinajstić information content (AvgIpc) is 2.67. The Bertz CT molecular complexity index is 980. The Kier molecular flexibility index (Phi) is 6.26. The molecule has 0 aliphatic carbocycles. The van der Waals surface area contributed by atoms with E-state index in [1.165, 1.54) is 0 Å². The predicted molar refractivity (Wildman–Crippen MR) is 112 cm³/mol. The summed E-state index contributed by atoms with van der Waals surface area (Å²) in [5.41, 5.74) is 2.16. The van der Waals surface area contributed by atoms with Crippen molar-refractivity contribution in [1.29, 1.82) is 0 Å². The third kappa shape index (κ3) is 5.16. The molecule has 0 fully saturated rings. The SMILES string of the molecule is CN(C)C(CNS(=O)(=O)CCc1ccccc1)c1cccc2ccccc12. The number of fused-ring (bicyclic) bond motifs is 1. The maximum Gasteiger partial charge on any atom is 0.211 e. The summed E-state index contributed by atoms with van der Waals surface area (Å²) in [4.78, 5) is 2.06. The zero-order valence-corrected chi connectivity index (χ0v) is 16.6. The summed E-state index contributed by atoms with van der Waals surface area (Å²) in [6, 6.07) is 24.0. The molecule has 4 nitrogen and oxygen atoms in total. The Balaban J connectivity index is 1.73. The fourth-order valence-electron chi connectivity index (χ4n) is 3.29. The predicted octanol–water partition coefficient (Wildman–Crippen LogP) is 3.60.